The maximum absolute atomic E-state index is 10.7. The highest BCUT2D eigenvalue weighted by Crippen LogP contribution is 2.31. The number of carboxylic acids is 1. The van der Waals surface area contributed by atoms with Crippen molar-refractivity contribution >= 4 is 23.3 Å². The van der Waals surface area contributed by atoms with Crippen LogP contribution in [0.1, 0.15) is 22.9 Å². The van der Waals surface area contributed by atoms with Crippen molar-refractivity contribution in [3.8, 4) is 0 Å². The van der Waals surface area contributed by atoms with E-state index in [4.69, 9.17) is 16.7 Å². The fourth-order valence-electron chi connectivity index (χ4n) is 1.44. The Labute approximate surface area is 96.8 Å². The van der Waals surface area contributed by atoms with Crippen LogP contribution in [0.2, 0.25) is 0 Å². The molecule has 0 aliphatic rings. The van der Waals surface area contributed by atoms with Crippen LogP contribution in [0.4, 0.5) is 5.69 Å². The second-order valence-corrected chi connectivity index (χ2v) is 3.84. The van der Waals surface area contributed by atoms with Crippen LogP contribution in [0.3, 0.4) is 0 Å². The van der Waals surface area contributed by atoms with Crippen LogP contribution in [0.25, 0.3) is 0 Å². The molecule has 1 rings (SSSR count). The van der Waals surface area contributed by atoms with E-state index in [9.17, 15) is 14.9 Å². The minimum atomic E-state index is -1.04. The molecule has 5 nitrogen and oxygen atoms in total. The van der Waals surface area contributed by atoms with E-state index in [1.165, 1.54) is 12.1 Å². The Balaban J connectivity index is 3.10. The van der Waals surface area contributed by atoms with Crippen molar-refractivity contribution in [3.05, 3.63) is 39.4 Å². The number of nitrogens with zero attached hydrogens (tertiary/aromatic N) is 1. The summed E-state index contributed by atoms with van der Waals surface area (Å²) in [5, 5.41) is 18.5. The molecule has 0 aliphatic heterocycles. The van der Waals surface area contributed by atoms with E-state index in [2.05, 4.69) is 0 Å². The Hall–Kier alpha value is -1.62. The summed E-state index contributed by atoms with van der Waals surface area (Å²) >= 11 is 5.88. The molecule has 6 heteroatoms. The zero-order chi connectivity index (χ0) is 12.3. The Morgan fingerprint density at radius 3 is 2.75 bits per heavy atom. The summed E-state index contributed by atoms with van der Waals surface area (Å²) in [6.07, 6.45) is -0.260. The molecule has 0 fully saturated rings. The van der Waals surface area contributed by atoms with Crippen molar-refractivity contribution in [2.24, 2.45) is 0 Å². The number of nitro benzene ring substituents is 1. The first-order valence-electron chi connectivity index (χ1n) is 4.53. The second-order valence-electron chi connectivity index (χ2n) is 3.31. The number of carboxylic acid groups (broad SMARTS) is 1. The lowest BCUT2D eigenvalue weighted by atomic mass is 10.0. The van der Waals surface area contributed by atoms with E-state index in [0.717, 1.165) is 0 Å². The van der Waals surface area contributed by atoms with Crippen LogP contribution >= 0.6 is 11.6 Å². The molecule has 1 unspecified atom stereocenters. The number of hydrogen-bond acceptors (Lipinski definition) is 3. The molecule has 0 heterocycles. The molecule has 0 amide bonds. The molecular formula is C10H10ClNO4. The fourth-order valence-corrected chi connectivity index (χ4v) is 1.81. The van der Waals surface area contributed by atoms with Gasteiger partial charge in [-0.25, -0.2) is 0 Å². The smallest absolute Gasteiger partial charge is 0.305 e. The number of benzene rings is 1. The average Bonchev–Trinajstić information content (AvgIpc) is 2.16. The normalized spacial score (nSPS) is 12.1. The minimum Gasteiger partial charge on any atom is -0.481 e. The highest BCUT2D eigenvalue weighted by atomic mass is 35.5. The molecule has 0 radical (unpaired) electrons. The molecular weight excluding hydrogens is 234 g/mol. The van der Waals surface area contributed by atoms with Gasteiger partial charge in [-0.3, -0.25) is 14.9 Å². The van der Waals surface area contributed by atoms with Crippen LogP contribution < -0.4 is 0 Å². The van der Waals surface area contributed by atoms with Gasteiger partial charge in [0.2, 0.25) is 0 Å². The molecule has 86 valence electrons. The molecule has 1 aromatic rings. The summed E-state index contributed by atoms with van der Waals surface area (Å²) in [7, 11) is 0. The number of hydrogen-bond donors (Lipinski definition) is 1. The number of rotatable bonds is 4. The third-order valence-corrected chi connectivity index (χ3v) is 2.62. The topological polar surface area (TPSA) is 80.4 Å². The lowest BCUT2D eigenvalue weighted by Crippen LogP contribution is -2.04. The molecule has 1 aromatic carbocycles. The van der Waals surface area contributed by atoms with Crippen molar-refractivity contribution in [2.75, 3.05) is 0 Å². The number of halogens is 1. The molecule has 0 saturated carbocycles. The number of alkyl halides is 1. The molecule has 0 aromatic heterocycles. The van der Waals surface area contributed by atoms with Gasteiger partial charge in [0.05, 0.1) is 16.7 Å². The van der Waals surface area contributed by atoms with E-state index in [1.807, 2.05) is 0 Å². The third-order valence-electron chi connectivity index (χ3n) is 2.24. The standard InChI is InChI=1S/C10H10ClNO4/c1-6-7(8(11)5-10(13)14)3-2-4-9(6)12(15)16/h2-4,8H,5H2,1H3,(H,13,14). The van der Waals surface area contributed by atoms with Crippen molar-refractivity contribution in [1.82, 2.24) is 0 Å². The Morgan fingerprint density at radius 2 is 2.25 bits per heavy atom. The fraction of sp³-hybridized carbons (Fsp3) is 0.300. The van der Waals surface area contributed by atoms with E-state index in [1.54, 1.807) is 13.0 Å². The van der Waals surface area contributed by atoms with Crippen molar-refractivity contribution in [1.29, 1.82) is 0 Å². The van der Waals surface area contributed by atoms with E-state index in [-0.39, 0.29) is 12.1 Å². The molecule has 1 atom stereocenters. The van der Waals surface area contributed by atoms with Gasteiger partial charge in [0.15, 0.2) is 0 Å². The first-order valence-corrected chi connectivity index (χ1v) is 4.97. The van der Waals surface area contributed by atoms with E-state index in [0.29, 0.717) is 11.1 Å². The van der Waals surface area contributed by atoms with Gasteiger partial charge in [-0.2, -0.15) is 0 Å². The third kappa shape index (κ3) is 2.70. The van der Waals surface area contributed by atoms with Gasteiger partial charge in [0.25, 0.3) is 5.69 Å². The Bertz CT molecular complexity index is 433. The number of aliphatic carboxylic acids is 1. The highest BCUT2D eigenvalue weighted by Gasteiger charge is 2.20. The zero-order valence-corrected chi connectivity index (χ0v) is 9.27. The molecule has 16 heavy (non-hydrogen) atoms. The summed E-state index contributed by atoms with van der Waals surface area (Å²) in [4.78, 5) is 20.6. The van der Waals surface area contributed by atoms with Crippen LogP contribution in [0.15, 0.2) is 18.2 Å². The first-order chi connectivity index (χ1) is 7.43. The summed E-state index contributed by atoms with van der Waals surface area (Å²) in [6.45, 7) is 1.56. The number of nitro groups is 1. The lowest BCUT2D eigenvalue weighted by molar-refractivity contribution is -0.385. The monoisotopic (exact) mass is 243 g/mol. The predicted molar refractivity (Wildman–Crippen MR) is 58.7 cm³/mol. The van der Waals surface area contributed by atoms with Crippen LogP contribution in [0, 0.1) is 17.0 Å². The summed E-state index contributed by atoms with van der Waals surface area (Å²) in [5.41, 5.74) is 0.848. The van der Waals surface area contributed by atoms with Gasteiger partial charge in [0.1, 0.15) is 0 Å². The van der Waals surface area contributed by atoms with Gasteiger partial charge >= 0.3 is 5.97 Å². The number of carbonyl (C=O) groups is 1. The molecule has 1 N–H and O–H groups in total. The maximum atomic E-state index is 10.7. The quantitative estimate of drug-likeness (QED) is 0.501. The average molecular weight is 244 g/mol. The van der Waals surface area contributed by atoms with Crippen LogP contribution in [0.5, 0.6) is 0 Å². The SMILES string of the molecule is Cc1c(C(Cl)CC(=O)O)cccc1[N+](=O)[O-]. The van der Waals surface area contributed by atoms with Gasteiger partial charge in [-0.15, -0.1) is 11.6 Å². The molecule has 0 saturated heterocycles. The molecule has 0 spiro atoms. The summed E-state index contributed by atoms with van der Waals surface area (Å²) in [5.74, 6) is -1.04. The first kappa shape index (κ1) is 12.4. The summed E-state index contributed by atoms with van der Waals surface area (Å²) < 4.78 is 0. The zero-order valence-electron chi connectivity index (χ0n) is 8.51. The lowest BCUT2D eigenvalue weighted by Gasteiger charge is -2.10. The van der Waals surface area contributed by atoms with Crippen LogP contribution in [-0.4, -0.2) is 16.0 Å². The van der Waals surface area contributed by atoms with Crippen molar-refractivity contribution in [2.45, 2.75) is 18.7 Å². The largest absolute Gasteiger partial charge is 0.481 e. The van der Waals surface area contributed by atoms with E-state index >= 15 is 0 Å². The maximum Gasteiger partial charge on any atom is 0.305 e. The van der Waals surface area contributed by atoms with E-state index < -0.39 is 16.3 Å². The van der Waals surface area contributed by atoms with Crippen molar-refractivity contribution in [3.63, 3.8) is 0 Å². The Morgan fingerprint density at radius 1 is 1.62 bits per heavy atom. The highest BCUT2D eigenvalue weighted by molar-refractivity contribution is 6.21. The van der Waals surface area contributed by atoms with Gasteiger partial charge < -0.3 is 5.11 Å². The summed E-state index contributed by atoms with van der Waals surface area (Å²) in [6, 6.07) is 4.46. The second kappa shape index (κ2) is 4.94. The Kier molecular flexibility index (Phi) is 3.84. The predicted octanol–water partition coefficient (Wildman–Crippen LogP) is 2.66. The molecule has 0 bridgehead atoms. The van der Waals surface area contributed by atoms with Gasteiger partial charge in [-0.1, -0.05) is 12.1 Å². The van der Waals surface area contributed by atoms with Gasteiger partial charge in [-0.05, 0) is 12.5 Å². The van der Waals surface area contributed by atoms with Crippen LogP contribution in [-0.2, 0) is 4.79 Å². The van der Waals surface area contributed by atoms with Gasteiger partial charge in [0, 0.05) is 11.6 Å². The minimum absolute atomic E-state index is 0.0476. The molecule has 0 aliphatic carbocycles. The van der Waals surface area contributed by atoms with Crippen molar-refractivity contribution < 1.29 is 14.8 Å².